The molecule has 0 spiro atoms. The van der Waals surface area contributed by atoms with Crippen LogP contribution in [0.2, 0.25) is 5.02 Å². The lowest BCUT2D eigenvalue weighted by Gasteiger charge is -2.10. The van der Waals surface area contributed by atoms with Gasteiger partial charge in [-0.05, 0) is 57.7 Å². The molecule has 1 aromatic heterocycles. The average molecular weight is 375 g/mol. The summed E-state index contributed by atoms with van der Waals surface area (Å²) in [6.45, 7) is 8.82. The van der Waals surface area contributed by atoms with E-state index >= 15 is 0 Å². The summed E-state index contributed by atoms with van der Waals surface area (Å²) in [6, 6.07) is 5.08. The van der Waals surface area contributed by atoms with E-state index in [1.807, 2.05) is 6.07 Å². The van der Waals surface area contributed by atoms with Gasteiger partial charge in [0.25, 0.3) is 0 Å². The first kappa shape index (κ1) is 20.3. The molecule has 4 heteroatoms. The molecule has 0 atom stereocenters. The van der Waals surface area contributed by atoms with Gasteiger partial charge in [0, 0.05) is 17.5 Å². The first-order valence-electron chi connectivity index (χ1n) is 9.08. The van der Waals surface area contributed by atoms with Crippen LogP contribution in [0.15, 0.2) is 50.7 Å². The van der Waals surface area contributed by atoms with Crippen molar-refractivity contribution in [1.82, 2.24) is 0 Å². The first-order chi connectivity index (χ1) is 12.4. The van der Waals surface area contributed by atoms with Gasteiger partial charge in [-0.1, -0.05) is 42.2 Å². The molecule has 0 saturated carbocycles. The first-order valence-corrected chi connectivity index (χ1v) is 9.46. The Kier molecular flexibility index (Phi) is 7.52. The zero-order valence-corrected chi connectivity index (χ0v) is 16.8. The normalized spacial score (nSPS) is 11.7. The van der Waals surface area contributed by atoms with E-state index in [0.717, 1.165) is 36.6 Å². The highest BCUT2D eigenvalue weighted by Crippen LogP contribution is 2.31. The van der Waals surface area contributed by atoms with Crippen LogP contribution in [-0.4, -0.2) is 6.61 Å². The van der Waals surface area contributed by atoms with Crippen LogP contribution in [0, 0.1) is 0 Å². The lowest BCUT2D eigenvalue weighted by Crippen LogP contribution is -2.02. The van der Waals surface area contributed by atoms with Crippen molar-refractivity contribution in [3.63, 3.8) is 0 Å². The molecular formula is C22H27ClO3. The summed E-state index contributed by atoms with van der Waals surface area (Å²) >= 11 is 6.38. The number of rotatable bonds is 8. The fourth-order valence-electron chi connectivity index (χ4n) is 2.78. The standard InChI is InChI=1S/C22H27ClO3/c1-5-7-17-12-22(24)26-20-14-21(19(23)13-18(17)20)25-11-10-16(4)9-6-8-15(2)3/h8,10,12-14H,5-7,9,11H2,1-4H3/b16-10+. The van der Waals surface area contributed by atoms with Crippen molar-refractivity contribution in [1.29, 1.82) is 0 Å². The molecular weight excluding hydrogens is 348 g/mol. The Morgan fingerprint density at radius 3 is 2.65 bits per heavy atom. The molecule has 140 valence electrons. The van der Waals surface area contributed by atoms with E-state index in [0.29, 0.717) is 23.0 Å². The molecule has 0 bridgehead atoms. The van der Waals surface area contributed by atoms with Gasteiger partial charge in [0.1, 0.15) is 17.9 Å². The lowest BCUT2D eigenvalue weighted by atomic mass is 10.1. The zero-order valence-electron chi connectivity index (χ0n) is 16.0. The maximum Gasteiger partial charge on any atom is 0.336 e. The monoisotopic (exact) mass is 374 g/mol. The van der Waals surface area contributed by atoms with E-state index in [1.54, 1.807) is 12.1 Å². The SMILES string of the molecule is CCCc1cc(=O)oc2cc(OC/C=C(\C)CCC=C(C)C)c(Cl)cc12. The van der Waals surface area contributed by atoms with Gasteiger partial charge in [0.05, 0.1) is 5.02 Å². The van der Waals surface area contributed by atoms with E-state index in [-0.39, 0.29) is 5.63 Å². The number of ether oxygens (including phenoxy) is 1. The van der Waals surface area contributed by atoms with Crippen molar-refractivity contribution in [3.8, 4) is 5.75 Å². The Balaban J connectivity index is 2.14. The minimum atomic E-state index is -0.343. The molecule has 0 aliphatic rings. The van der Waals surface area contributed by atoms with E-state index in [1.165, 1.54) is 11.1 Å². The second-order valence-corrected chi connectivity index (χ2v) is 7.21. The van der Waals surface area contributed by atoms with Gasteiger partial charge in [0.2, 0.25) is 0 Å². The molecule has 26 heavy (non-hydrogen) atoms. The Bertz CT molecular complexity index is 871. The quantitative estimate of drug-likeness (QED) is 0.392. The minimum Gasteiger partial charge on any atom is -0.488 e. The molecule has 1 aromatic carbocycles. The topological polar surface area (TPSA) is 39.4 Å². The maximum absolute atomic E-state index is 11.8. The van der Waals surface area contributed by atoms with Crippen LogP contribution in [0.5, 0.6) is 5.75 Å². The van der Waals surface area contributed by atoms with Crippen molar-refractivity contribution < 1.29 is 9.15 Å². The molecule has 2 aromatic rings. The van der Waals surface area contributed by atoms with Gasteiger partial charge >= 0.3 is 5.63 Å². The second-order valence-electron chi connectivity index (χ2n) is 6.80. The Morgan fingerprint density at radius 2 is 1.96 bits per heavy atom. The number of hydrogen-bond donors (Lipinski definition) is 0. The van der Waals surface area contributed by atoms with Crippen molar-refractivity contribution >= 4 is 22.6 Å². The van der Waals surface area contributed by atoms with Crippen molar-refractivity contribution in [2.45, 2.75) is 53.4 Å². The number of allylic oxidation sites excluding steroid dienone is 3. The summed E-state index contributed by atoms with van der Waals surface area (Å²) in [6.07, 6.45) is 8.09. The van der Waals surface area contributed by atoms with Crippen LogP contribution in [0.1, 0.15) is 52.5 Å². The van der Waals surface area contributed by atoms with Crippen LogP contribution in [0.4, 0.5) is 0 Å². The molecule has 0 aliphatic carbocycles. The Labute approximate surface area is 160 Å². The van der Waals surface area contributed by atoms with Crippen LogP contribution in [-0.2, 0) is 6.42 Å². The summed E-state index contributed by atoms with van der Waals surface area (Å²) < 4.78 is 11.1. The zero-order chi connectivity index (χ0) is 19.1. The summed E-state index contributed by atoms with van der Waals surface area (Å²) in [5.41, 5.74) is 3.74. The third kappa shape index (κ3) is 5.77. The van der Waals surface area contributed by atoms with Crippen LogP contribution in [0.25, 0.3) is 11.0 Å². The molecule has 0 N–H and O–H groups in total. The predicted molar refractivity (Wildman–Crippen MR) is 109 cm³/mol. The number of aryl methyl sites for hydroxylation is 1. The molecule has 0 saturated heterocycles. The smallest absolute Gasteiger partial charge is 0.336 e. The van der Waals surface area contributed by atoms with Crippen molar-refractivity contribution in [3.05, 3.63) is 62.5 Å². The number of fused-ring (bicyclic) bond motifs is 1. The van der Waals surface area contributed by atoms with E-state index in [2.05, 4.69) is 39.8 Å². The minimum absolute atomic E-state index is 0.343. The fraction of sp³-hybridized carbons (Fsp3) is 0.409. The summed E-state index contributed by atoms with van der Waals surface area (Å²) in [4.78, 5) is 11.8. The van der Waals surface area contributed by atoms with Crippen LogP contribution >= 0.6 is 11.6 Å². The molecule has 3 nitrogen and oxygen atoms in total. The van der Waals surface area contributed by atoms with E-state index in [4.69, 9.17) is 20.8 Å². The third-order valence-corrected chi connectivity index (χ3v) is 4.46. The Morgan fingerprint density at radius 1 is 1.19 bits per heavy atom. The molecule has 0 fully saturated rings. The van der Waals surface area contributed by atoms with E-state index in [9.17, 15) is 4.79 Å². The third-order valence-electron chi connectivity index (χ3n) is 4.16. The largest absolute Gasteiger partial charge is 0.488 e. The highest BCUT2D eigenvalue weighted by Gasteiger charge is 2.10. The molecule has 2 rings (SSSR count). The number of halogens is 1. The highest BCUT2D eigenvalue weighted by atomic mass is 35.5. The average Bonchev–Trinajstić information content (AvgIpc) is 2.56. The van der Waals surface area contributed by atoms with Gasteiger partial charge in [-0.25, -0.2) is 4.79 Å². The molecule has 0 unspecified atom stereocenters. The fourth-order valence-corrected chi connectivity index (χ4v) is 3.00. The van der Waals surface area contributed by atoms with Gasteiger partial charge in [-0.15, -0.1) is 0 Å². The van der Waals surface area contributed by atoms with Gasteiger partial charge in [-0.3, -0.25) is 0 Å². The summed E-state index contributed by atoms with van der Waals surface area (Å²) in [5.74, 6) is 0.532. The van der Waals surface area contributed by atoms with Gasteiger partial charge in [-0.2, -0.15) is 0 Å². The van der Waals surface area contributed by atoms with Gasteiger partial charge < -0.3 is 9.15 Å². The lowest BCUT2D eigenvalue weighted by molar-refractivity contribution is 0.361. The van der Waals surface area contributed by atoms with Gasteiger partial charge in [0.15, 0.2) is 0 Å². The summed E-state index contributed by atoms with van der Waals surface area (Å²) in [5, 5.41) is 1.40. The second kappa shape index (κ2) is 9.63. The summed E-state index contributed by atoms with van der Waals surface area (Å²) in [7, 11) is 0. The highest BCUT2D eigenvalue weighted by molar-refractivity contribution is 6.32. The van der Waals surface area contributed by atoms with Crippen molar-refractivity contribution in [2.75, 3.05) is 6.61 Å². The predicted octanol–water partition coefficient (Wildman–Crippen LogP) is 6.47. The molecule has 0 amide bonds. The Hall–Kier alpha value is -2.00. The molecule has 1 heterocycles. The van der Waals surface area contributed by atoms with E-state index < -0.39 is 0 Å². The van der Waals surface area contributed by atoms with Crippen molar-refractivity contribution in [2.24, 2.45) is 0 Å². The molecule has 0 aliphatic heterocycles. The molecule has 0 radical (unpaired) electrons. The maximum atomic E-state index is 11.8. The number of hydrogen-bond acceptors (Lipinski definition) is 3. The van der Waals surface area contributed by atoms with Crippen LogP contribution in [0.3, 0.4) is 0 Å². The van der Waals surface area contributed by atoms with Crippen LogP contribution < -0.4 is 10.4 Å². The number of benzene rings is 1.